The van der Waals surface area contributed by atoms with Crippen LogP contribution in [0, 0.1) is 0 Å². The van der Waals surface area contributed by atoms with E-state index in [2.05, 4.69) is 4.98 Å². The van der Waals surface area contributed by atoms with E-state index in [4.69, 9.17) is 9.47 Å². The minimum Gasteiger partial charge on any atom is -0.353 e. The average molecular weight is 186 g/mol. The number of rotatable bonds is 0. The van der Waals surface area contributed by atoms with Crippen molar-refractivity contribution in [1.29, 1.82) is 0 Å². The maximum Gasteiger partial charge on any atom is 0.325 e. The lowest BCUT2D eigenvalue weighted by Gasteiger charge is -1.76. The summed E-state index contributed by atoms with van der Waals surface area (Å²) in [5.74, 6) is 0. The van der Waals surface area contributed by atoms with Crippen molar-refractivity contribution >= 4 is 0 Å². The second kappa shape index (κ2) is 5.28. The Morgan fingerprint density at radius 1 is 1.23 bits per heavy atom. The Labute approximate surface area is 73.5 Å². The Morgan fingerprint density at radius 3 is 2.23 bits per heavy atom. The van der Waals surface area contributed by atoms with Gasteiger partial charge in [-0.05, 0) is 0 Å². The summed E-state index contributed by atoms with van der Waals surface area (Å²) in [5, 5.41) is 0. The summed E-state index contributed by atoms with van der Waals surface area (Å²) < 4.78 is 9.44. The van der Waals surface area contributed by atoms with Crippen molar-refractivity contribution in [3.8, 4) is 0 Å². The summed E-state index contributed by atoms with van der Waals surface area (Å²) in [6.45, 7) is 2.06. The summed E-state index contributed by atoms with van der Waals surface area (Å²) in [6, 6.07) is 1.24. The molecule has 1 saturated heterocycles. The lowest BCUT2D eigenvalue weighted by molar-refractivity contribution is 0.0692. The number of ether oxygens (including phenoxy) is 2. The normalized spacial score (nSPS) is 14.8. The maximum atomic E-state index is 10.2. The molecule has 6 heteroatoms. The van der Waals surface area contributed by atoms with Gasteiger partial charge in [-0.15, -0.1) is 0 Å². The van der Waals surface area contributed by atoms with E-state index >= 15 is 0 Å². The fourth-order valence-electron chi connectivity index (χ4n) is 0.677. The Bertz CT molecular complexity index is 306. The van der Waals surface area contributed by atoms with E-state index in [9.17, 15) is 9.59 Å². The molecule has 72 valence electrons. The first-order chi connectivity index (χ1) is 6.29. The highest BCUT2D eigenvalue weighted by atomic mass is 16.7. The predicted octanol–water partition coefficient (Wildman–Crippen LogP) is -0.946. The van der Waals surface area contributed by atoms with Gasteiger partial charge in [0.05, 0.1) is 13.2 Å². The van der Waals surface area contributed by atoms with E-state index in [-0.39, 0.29) is 5.56 Å². The summed E-state index contributed by atoms with van der Waals surface area (Å²) in [4.78, 5) is 24.7. The summed E-state index contributed by atoms with van der Waals surface area (Å²) in [7, 11) is 0. The Balaban J connectivity index is 0.000000145. The zero-order valence-corrected chi connectivity index (χ0v) is 6.91. The molecule has 0 spiro atoms. The van der Waals surface area contributed by atoms with Gasteiger partial charge in [-0.25, -0.2) is 4.79 Å². The van der Waals surface area contributed by atoms with Crippen LogP contribution in [0.2, 0.25) is 0 Å². The second-order valence-electron chi connectivity index (χ2n) is 2.23. The highest BCUT2D eigenvalue weighted by Crippen LogP contribution is 1.85. The Kier molecular flexibility index (Phi) is 3.94. The molecule has 1 aromatic rings. The minimum atomic E-state index is -0.475. The van der Waals surface area contributed by atoms with Gasteiger partial charge in [0, 0.05) is 12.3 Å². The number of hydrogen-bond acceptors (Lipinski definition) is 4. The van der Waals surface area contributed by atoms with Crippen LogP contribution in [0.4, 0.5) is 0 Å². The topological polar surface area (TPSA) is 84.2 Å². The van der Waals surface area contributed by atoms with Gasteiger partial charge in [-0.1, -0.05) is 0 Å². The van der Waals surface area contributed by atoms with Crippen molar-refractivity contribution in [2.75, 3.05) is 20.0 Å². The summed E-state index contributed by atoms with van der Waals surface area (Å²) >= 11 is 0. The first kappa shape index (κ1) is 9.69. The standard InChI is InChI=1S/C4H4N2O2.C3H6O2/c7-3-1-2-5-4(8)6-3;1-2-5-3-4-1/h1-2H,(H2,5,6,7,8);1-3H2. The molecule has 2 heterocycles. The molecule has 0 amide bonds. The van der Waals surface area contributed by atoms with E-state index in [0.29, 0.717) is 6.79 Å². The minimum absolute atomic E-state index is 0.381. The van der Waals surface area contributed by atoms with Crippen molar-refractivity contribution in [3.63, 3.8) is 0 Å². The molecular formula is C7H10N2O4. The largest absolute Gasteiger partial charge is 0.353 e. The second-order valence-corrected chi connectivity index (χ2v) is 2.23. The van der Waals surface area contributed by atoms with E-state index in [1.165, 1.54) is 12.3 Å². The van der Waals surface area contributed by atoms with E-state index in [1.807, 2.05) is 4.98 Å². The van der Waals surface area contributed by atoms with Crippen molar-refractivity contribution in [3.05, 3.63) is 33.1 Å². The third kappa shape index (κ3) is 4.24. The van der Waals surface area contributed by atoms with E-state index in [0.717, 1.165) is 13.2 Å². The average Bonchev–Trinajstić information content (AvgIpc) is 2.59. The Hall–Kier alpha value is -1.40. The van der Waals surface area contributed by atoms with Gasteiger partial charge in [0.1, 0.15) is 6.79 Å². The molecule has 0 aliphatic carbocycles. The van der Waals surface area contributed by atoms with E-state index < -0.39 is 5.69 Å². The molecule has 0 atom stereocenters. The lowest BCUT2D eigenvalue weighted by Crippen LogP contribution is -2.19. The molecule has 1 fully saturated rings. The molecule has 0 radical (unpaired) electrons. The van der Waals surface area contributed by atoms with Crippen molar-refractivity contribution in [1.82, 2.24) is 9.97 Å². The van der Waals surface area contributed by atoms with Gasteiger partial charge < -0.3 is 14.5 Å². The number of hydrogen-bond donors (Lipinski definition) is 2. The van der Waals surface area contributed by atoms with Crippen molar-refractivity contribution < 1.29 is 9.47 Å². The molecule has 0 unspecified atom stereocenters. The molecular weight excluding hydrogens is 176 g/mol. The van der Waals surface area contributed by atoms with Gasteiger partial charge in [-0.2, -0.15) is 0 Å². The zero-order chi connectivity index (χ0) is 9.52. The quantitative estimate of drug-likeness (QED) is 0.547. The molecule has 13 heavy (non-hydrogen) atoms. The molecule has 0 bridgehead atoms. The lowest BCUT2D eigenvalue weighted by atomic mass is 10.7. The molecule has 6 nitrogen and oxygen atoms in total. The van der Waals surface area contributed by atoms with Crippen molar-refractivity contribution in [2.45, 2.75) is 0 Å². The Morgan fingerprint density at radius 2 is 1.92 bits per heavy atom. The monoisotopic (exact) mass is 186 g/mol. The van der Waals surface area contributed by atoms with Crippen LogP contribution in [0.5, 0.6) is 0 Å². The first-order valence-electron chi connectivity index (χ1n) is 3.72. The highest BCUT2D eigenvalue weighted by molar-refractivity contribution is 4.77. The summed E-state index contributed by atoms with van der Waals surface area (Å²) in [5.41, 5.74) is -0.855. The first-order valence-corrected chi connectivity index (χ1v) is 3.72. The molecule has 1 aliphatic heterocycles. The van der Waals surface area contributed by atoms with Gasteiger partial charge in [-0.3, -0.25) is 9.78 Å². The van der Waals surface area contributed by atoms with E-state index in [1.54, 1.807) is 0 Å². The van der Waals surface area contributed by atoms with Gasteiger partial charge >= 0.3 is 5.69 Å². The van der Waals surface area contributed by atoms with Gasteiger partial charge in [0.25, 0.3) is 5.56 Å². The van der Waals surface area contributed by atoms with Gasteiger partial charge in [0.15, 0.2) is 0 Å². The third-order valence-electron chi connectivity index (χ3n) is 1.22. The van der Waals surface area contributed by atoms with Crippen LogP contribution in [0.25, 0.3) is 0 Å². The highest BCUT2D eigenvalue weighted by Gasteiger charge is 1.93. The van der Waals surface area contributed by atoms with Crippen LogP contribution >= 0.6 is 0 Å². The summed E-state index contributed by atoms with van der Waals surface area (Å²) in [6.07, 6.45) is 1.29. The molecule has 1 aromatic heterocycles. The zero-order valence-electron chi connectivity index (χ0n) is 6.91. The SMILES string of the molecule is C1COCO1.O=c1cc[nH]c(=O)[nH]1. The maximum absolute atomic E-state index is 10.2. The van der Waals surface area contributed by atoms with Crippen LogP contribution in [-0.4, -0.2) is 30.0 Å². The smallest absolute Gasteiger partial charge is 0.325 e. The molecule has 2 N–H and O–H groups in total. The third-order valence-corrected chi connectivity index (χ3v) is 1.22. The fraction of sp³-hybridized carbons (Fsp3) is 0.429. The van der Waals surface area contributed by atoms with Crippen LogP contribution in [0.3, 0.4) is 0 Å². The van der Waals surface area contributed by atoms with Crippen molar-refractivity contribution in [2.24, 2.45) is 0 Å². The van der Waals surface area contributed by atoms with Crippen LogP contribution < -0.4 is 11.2 Å². The molecule has 1 aliphatic rings. The van der Waals surface area contributed by atoms with Crippen LogP contribution in [0.1, 0.15) is 0 Å². The number of aromatic amines is 2. The van der Waals surface area contributed by atoms with Gasteiger partial charge in [0.2, 0.25) is 0 Å². The molecule has 0 aromatic carbocycles. The number of nitrogens with one attached hydrogen (secondary N) is 2. The van der Waals surface area contributed by atoms with Crippen LogP contribution in [-0.2, 0) is 9.47 Å². The molecule has 2 rings (SSSR count). The fourth-order valence-corrected chi connectivity index (χ4v) is 0.677. The molecule has 0 saturated carbocycles. The number of aromatic nitrogens is 2. The predicted molar refractivity (Wildman–Crippen MR) is 44.5 cm³/mol. The number of H-pyrrole nitrogens is 2. The van der Waals surface area contributed by atoms with Crippen LogP contribution in [0.15, 0.2) is 21.9 Å².